The molecule has 1 fully saturated rings. The normalized spacial score (nSPS) is 18.5. The Labute approximate surface area is 141 Å². The number of nitro groups is 1. The number of carbonyl (C=O) groups is 1. The minimum Gasteiger partial charge on any atom is -0.444 e. The number of aromatic nitrogens is 1. The van der Waals surface area contributed by atoms with Crippen LogP contribution in [0.4, 0.5) is 16.3 Å². The zero-order chi connectivity index (χ0) is 18.1. The van der Waals surface area contributed by atoms with Gasteiger partial charge in [0.25, 0.3) is 5.69 Å². The summed E-state index contributed by atoms with van der Waals surface area (Å²) in [6.07, 6.45) is 0.954. The molecule has 0 radical (unpaired) electrons. The van der Waals surface area contributed by atoms with Gasteiger partial charge in [-0.05, 0) is 40.2 Å². The Balaban J connectivity index is 2.08. The minimum absolute atomic E-state index is 0.0170. The summed E-state index contributed by atoms with van der Waals surface area (Å²) in [4.78, 5) is 30.6. The zero-order valence-electron chi connectivity index (χ0n) is 14.8. The summed E-state index contributed by atoms with van der Waals surface area (Å²) in [6, 6.07) is 1.48. The first-order valence-corrected chi connectivity index (χ1v) is 7.94. The first kappa shape index (κ1) is 18.0. The fourth-order valence-corrected chi connectivity index (χ4v) is 2.73. The molecular weight excluding hydrogens is 312 g/mol. The second kappa shape index (κ2) is 6.62. The molecular formula is C16H24N4O4. The Bertz CT molecular complexity index is 641. The molecule has 0 aliphatic carbocycles. The summed E-state index contributed by atoms with van der Waals surface area (Å²) >= 11 is 0. The van der Waals surface area contributed by atoms with Gasteiger partial charge in [-0.2, -0.15) is 0 Å². The fourth-order valence-electron chi connectivity index (χ4n) is 2.73. The van der Waals surface area contributed by atoms with Gasteiger partial charge in [-0.3, -0.25) is 10.1 Å². The van der Waals surface area contributed by atoms with Crippen molar-refractivity contribution in [1.29, 1.82) is 0 Å². The van der Waals surface area contributed by atoms with Crippen LogP contribution in [0.25, 0.3) is 0 Å². The molecule has 1 aliphatic rings. The van der Waals surface area contributed by atoms with Crippen LogP contribution in [0.2, 0.25) is 0 Å². The topological polar surface area (TPSA) is 88.8 Å². The lowest BCUT2D eigenvalue weighted by Crippen LogP contribution is -2.55. The number of pyridine rings is 1. The summed E-state index contributed by atoms with van der Waals surface area (Å²) in [5.74, 6) is 0.719. The molecule has 24 heavy (non-hydrogen) atoms. The maximum atomic E-state index is 12.2. The standard InChI is InChI=1S/C16H24N4O4/c1-11-8-13(20(22)23)9-17-14(11)18-6-7-19(12(2)10-18)15(21)24-16(3,4)5/h8-9,12H,6-7,10H2,1-5H3/t12-/m1/s1. The highest BCUT2D eigenvalue weighted by Gasteiger charge is 2.31. The number of hydrogen-bond acceptors (Lipinski definition) is 6. The molecule has 1 amide bonds. The van der Waals surface area contributed by atoms with Gasteiger partial charge in [0.15, 0.2) is 0 Å². The summed E-state index contributed by atoms with van der Waals surface area (Å²) in [5.41, 5.74) is 0.212. The molecule has 0 saturated carbocycles. The molecule has 8 heteroatoms. The highest BCUT2D eigenvalue weighted by Crippen LogP contribution is 2.24. The molecule has 1 aromatic heterocycles. The van der Waals surface area contributed by atoms with Gasteiger partial charge in [-0.15, -0.1) is 0 Å². The summed E-state index contributed by atoms with van der Waals surface area (Å²) in [5, 5.41) is 10.8. The second-order valence-corrected chi connectivity index (χ2v) is 7.06. The van der Waals surface area contributed by atoms with Gasteiger partial charge >= 0.3 is 6.09 Å². The highest BCUT2D eigenvalue weighted by atomic mass is 16.6. The van der Waals surface area contributed by atoms with E-state index in [-0.39, 0.29) is 17.8 Å². The molecule has 2 heterocycles. The third-order valence-electron chi connectivity index (χ3n) is 3.80. The van der Waals surface area contributed by atoms with E-state index < -0.39 is 10.5 Å². The minimum atomic E-state index is -0.523. The average molecular weight is 336 g/mol. The molecule has 1 saturated heterocycles. The Morgan fingerprint density at radius 2 is 2.08 bits per heavy atom. The van der Waals surface area contributed by atoms with Gasteiger partial charge in [-0.25, -0.2) is 9.78 Å². The first-order chi connectivity index (χ1) is 11.1. The fraction of sp³-hybridized carbons (Fsp3) is 0.625. The van der Waals surface area contributed by atoms with Crippen LogP contribution in [0.5, 0.6) is 0 Å². The molecule has 1 aliphatic heterocycles. The molecule has 132 valence electrons. The van der Waals surface area contributed by atoms with Crippen molar-refractivity contribution in [3.05, 3.63) is 27.9 Å². The van der Waals surface area contributed by atoms with Crippen LogP contribution in [0, 0.1) is 17.0 Å². The van der Waals surface area contributed by atoms with Crippen LogP contribution in [-0.4, -0.2) is 52.2 Å². The summed E-state index contributed by atoms with van der Waals surface area (Å²) in [6.45, 7) is 11.0. The van der Waals surface area contributed by atoms with E-state index in [2.05, 4.69) is 4.98 Å². The number of amides is 1. The third kappa shape index (κ3) is 4.12. The van der Waals surface area contributed by atoms with E-state index >= 15 is 0 Å². The van der Waals surface area contributed by atoms with Crippen molar-refractivity contribution >= 4 is 17.6 Å². The van der Waals surface area contributed by atoms with E-state index in [1.165, 1.54) is 12.3 Å². The van der Waals surface area contributed by atoms with Crippen LogP contribution >= 0.6 is 0 Å². The van der Waals surface area contributed by atoms with Crippen LogP contribution in [0.3, 0.4) is 0 Å². The van der Waals surface area contributed by atoms with E-state index in [9.17, 15) is 14.9 Å². The first-order valence-electron chi connectivity index (χ1n) is 7.94. The zero-order valence-corrected chi connectivity index (χ0v) is 14.8. The quantitative estimate of drug-likeness (QED) is 0.609. The van der Waals surface area contributed by atoms with Crippen LogP contribution in [-0.2, 0) is 4.74 Å². The third-order valence-corrected chi connectivity index (χ3v) is 3.80. The lowest BCUT2D eigenvalue weighted by atomic mass is 10.1. The number of piperazine rings is 1. The SMILES string of the molecule is Cc1cc([N+](=O)[O-])cnc1N1CCN(C(=O)OC(C)(C)C)[C@H](C)C1. The van der Waals surface area contributed by atoms with Gasteiger partial charge in [0, 0.05) is 31.7 Å². The molecule has 0 spiro atoms. The van der Waals surface area contributed by atoms with Crippen molar-refractivity contribution in [3.63, 3.8) is 0 Å². The van der Waals surface area contributed by atoms with Gasteiger partial charge in [0.2, 0.25) is 0 Å². The molecule has 0 bridgehead atoms. The van der Waals surface area contributed by atoms with E-state index in [4.69, 9.17) is 4.74 Å². The number of nitrogens with zero attached hydrogens (tertiary/aromatic N) is 4. The molecule has 1 atom stereocenters. The average Bonchev–Trinajstić information content (AvgIpc) is 2.44. The smallest absolute Gasteiger partial charge is 0.410 e. The number of aryl methyl sites for hydroxylation is 1. The summed E-state index contributed by atoms with van der Waals surface area (Å²) in [7, 11) is 0. The molecule has 0 aromatic carbocycles. The Kier molecular flexibility index (Phi) is 4.96. The van der Waals surface area contributed by atoms with E-state index in [1.54, 1.807) is 11.8 Å². The maximum Gasteiger partial charge on any atom is 0.410 e. The number of carbonyl (C=O) groups excluding carboxylic acids is 1. The van der Waals surface area contributed by atoms with E-state index in [0.717, 1.165) is 11.4 Å². The Morgan fingerprint density at radius 3 is 2.58 bits per heavy atom. The number of hydrogen-bond donors (Lipinski definition) is 0. The van der Waals surface area contributed by atoms with Crippen molar-refractivity contribution in [2.45, 2.75) is 46.3 Å². The molecule has 0 N–H and O–H groups in total. The summed E-state index contributed by atoms with van der Waals surface area (Å²) < 4.78 is 5.43. The van der Waals surface area contributed by atoms with Gasteiger partial charge < -0.3 is 14.5 Å². The predicted molar refractivity (Wildman–Crippen MR) is 90.2 cm³/mol. The largest absolute Gasteiger partial charge is 0.444 e. The van der Waals surface area contributed by atoms with Crippen LogP contribution in [0.15, 0.2) is 12.3 Å². The van der Waals surface area contributed by atoms with Crippen molar-refractivity contribution in [3.8, 4) is 0 Å². The number of anilines is 1. The number of ether oxygens (including phenoxy) is 1. The van der Waals surface area contributed by atoms with Crippen molar-refractivity contribution in [2.75, 3.05) is 24.5 Å². The predicted octanol–water partition coefficient (Wildman–Crippen LogP) is 2.74. The maximum absolute atomic E-state index is 12.2. The lowest BCUT2D eigenvalue weighted by Gasteiger charge is -2.41. The monoisotopic (exact) mass is 336 g/mol. The molecule has 2 rings (SSSR count). The second-order valence-electron chi connectivity index (χ2n) is 7.06. The van der Waals surface area contributed by atoms with Crippen molar-refractivity contribution in [1.82, 2.24) is 9.88 Å². The van der Waals surface area contributed by atoms with Crippen LogP contribution < -0.4 is 4.90 Å². The van der Waals surface area contributed by atoms with E-state index in [1.807, 2.05) is 32.6 Å². The van der Waals surface area contributed by atoms with Gasteiger partial charge in [-0.1, -0.05) is 0 Å². The van der Waals surface area contributed by atoms with Crippen LogP contribution in [0.1, 0.15) is 33.3 Å². The van der Waals surface area contributed by atoms with Crippen molar-refractivity contribution < 1.29 is 14.5 Å². The van der Waals surface area contributed by atoms with Gasteiger partial charge in [0.1, 0.15) is 17.6 Å². The van der Waals surface area contributed by atoms with E-state index in [0.29, 0.717) is 19.6 Å². The lowest BCUT2D eigenvalue weighted by molar-refractivity contribution is -0.385. The van der Waals surface area contributed by atoms with Gasteiger partial charge in [0.05, 0.1) is 4.92 Å². The molecule has 1 aromatic rings. The number of rotatable bonds is 2. The molecule has 0 unspecified atom stereocenters. The highest BCUT2D eigenvalue weighted by molar-refractivity contribution is 5.69. The van der Waals surface area contributed by atoms with Crippen molar-refractivity contribution in [2.24, 2.45) is 0 Å². The molecule has 8 nitrogen and oxygen atoms in total. The Morgan fingerprint density at radius 1 is 1.42 bits per heavy atom. The Hall–Kier alpha value is -2.38.